The average molecular weight is 223 g/mol. The fraction of sp³-hybridized carbons (Fsp3) is 0.923. The van der Waals surface area contributed by atoms with Crippen LogP contribution in [0.5, 0.6) is 0 Å². The number of nitrogens with zero attached hydrogens (tertiary/aromatic N) is 2. The van der Waals surface area contributed by atoms with Crippen molar-refractivity contribution in [3.05, 3.63) is 0 Å². The van der Waals surface area contributed by atoms with Crippen LogP contribution in [0.1, 0.15) is 45.4 Å². The maximum atomic E-state index is 8.38. The average Bonchev–Trinajstić information content (AvgIpc) is 2.30. The lowest BCUT2D eigenvalue weighted by Gasteiger charge is -2.33. The SMILES string of the molecule is CC1CCCCN1CCCNCCCC#N. The minimum atomic E-state index is 0.677. The van der Waals surface area contributed by atoms with Gasteiger partial charge in [0.25, 0.3) is 0 Å². The third-order valence-electron chi connectivity index (χ3n) is 3.38. The Bertz CT molecular complexity index is 210. The number of nitrogens with one attached hydrogen (secondary N) is 1. The van der Waals surface area contributed by atoms with E-state index in [1.807, 2.05) is 0 Å². The second kappa shape index (κ2) is 8.55. The molecule has 0 spiro atoms. The zero-order valence-electron chi connectivity index (χ0n) is 10.5. The van der Waals surface area contributed by atoms with E-state index in [1.165, 1.54) is 38.8 Å². The Morgan fingerprint density at radius 3 is 2.88 bits per heavy atom. The monoisotopic (exact) mass is 223 g/mol. The van der Waals surface area contributed by atoms with Crippen LogP contribution in [0.2, 0.25) is 0 Å². The summed E-state index contributed by atoms with van der Waals surface area (Å²) in [4.78, 5) is 2.61. The number of likely N-dealkylation sites (tertiary alicyclic amines) is 1. The molecule has 1 N–H and O–H groups in total. The molecule has 3 nitrogen and oxygen atoms in total. The molecule has 0 aromatic heterocycles. The van der Waals surface area contributed by atoms with E-state index in [2.05, 4.69) is 23.2 Å². The summed E-state index contributed by atoms with van der Waals surface area (Å²) in [6.07, 6.45) is 7.04. The van der Waals surface area contributed by atoms with Crippen LogP contribution < -0.4 is 5.32 Å². The Morgan fingerprint density at radius 2 is 2.12 bits per heavy atom. The van der Waals surface area contributed by atoms with E-state index in [0.29, 0.717) is 6.42 Å². The van der Waals surface area contributed by atoms with E-state index in [1.54, 1.807) is 0 Å². The molecule has 0 bridgehead atoms. The molecule has 0 saturated carbocycles. The molecule has 1 unspecified atom stereocenters. The lowest BCUT2D eigenvalue weighted by atomic mass is 10.0. The zero-order valence-corrected chi connectivity index (χ0v) is 10.5. The molecule has 0 aromatic carbocycles. The van der Waals surface area contributed by atoms with Crippen molar-refractivity contribution in [2.24, 2.45) is 0 Å². The second-order valence-electron chi connectivity index (χ2n) is 4.75. The fourth-order valence-corrected chi connectivity index (χ4v) is 2.31. The van der Waals surface area contributed by atoms with E-state index < -0.39 is 0 Å². The predicted molar refractivity (Wildman–Crippen MR) is 67.2 cm³/mol. The summed E-state index contributed by atoms with van der Waals surface area (Å²) in [5, 5.41) is 11.8. The summed E-state index contributed by atoms with van der Waals surface area (Å²) in [5.41, 5.74) is 0. The summed E-state index contributed by atoms with van der Waals surface area (Å²) < 4.78 is 0. The first-order valence-electron chi connectivity index (χ1n) is 6.66. The van der Waals surface area contributed by atoms with Gasteiger partial charge in [-0.15, -0.1) is 0 Å². The topological polar surface area (TPSA) is 39.1 Å². The van der Waals surface area contributed by atoms with Crippen LogP contribution in [-0.2, 0) is 0 Å². The van der Waals surface area contributed by atoms with Crippen molar-refractivity contribution in [3.63, 3.8) is 0 Å². The van der Waals surface area contributed by atoms with Gasteiger partial charge in [0.2, 0.25) is 0 Å². The minimum Gasteiger partial charge on any atom is -0.317 e. The van der Waals surface area contributed by atoms with Gasteiger partial charge in [0.15, 0.2) is 0 Å². The molecular formula is C13H25N3. The lowest BCUT2D eigenvalue weighted by Crippen LogP contribution is -2.38. The first-order chi connectivity index (χ1) is 7.84. The molecule has 1 fully saturated rings. The van der Waals surface area contributed by atoms with Gasteiger partial charge >= 0.3 is 0 Å². The Kier molecular flexibility index (Phi) is 7.20. The van der Waals surface area contributed by atoms with E-state index in [4.69, 9.17) is 5.26 Å². The Labute approximate surface area is 99.8 Å². The minimum absolute atomic E-state index is 0.677. The van der Waals surface area contributed by atoms with E-state index in [9.17, 15) is 0 Å². The molecule has 1 atom stereocenters. The van der Waals surface area contributed by atoms with E-state index in [-0.39, 0.29) is 0 Å². The Balaban J connectivity index is 1.92. The molecule has 16 heavy (non-hydrogen) atoms. The highest BCUT2D eigenvalue weighted by molar-refractivity contribution is 4.73. The molecule has 0 aromatic rings. The van der Waals surface area contributed by atoms with Gasteiger partial charge in [0.05, 0.1) is 6.07 Å². The first-order valence-corrected chi connectivity index (χ1v) is 6.66. The number of hydrogen-bond donors (Lipinski definition) is 1. The second-order valence-corrected chi connectivity index (χ2v) is 4.75. The number of unbranched alkanes of at least 4 members (excludes halogenated alkanes) is 1. The van der Waals surface area contributed by atoms with Gasteiger partial charge in [0.1, 0.15) is 0 Å². The van der Waals surface area contributed by atoms with Crippen LogP contribution in [0.15, 0.2) is 0 Å². The molecule has 92 valence electrons. The molecule has 0 aliphatic carbocycles. The Hall–Kier alpha value is -0.590. The summed E-state index contributed by atoms with van der Waals surface area (Å²) in [6, 6.07) is 2.95. The summed E-state index contributed by atoms with van der Waals surface area (Å²) in [6.45, 7) is 6.94. The zero-order chi connectivity index (χ0) is 11.6. The van der Waals surface area contributed by atoms with Gasteiger partial charge in [-0.3, -0.25) is 0 Å². The number of rotatable bonds is 7. The summed E-state index contributed by atoms with van der Waals surface area (Å²) in [5.74, 6) is 0. The van der Waals surface area contributed by atoms with Crippen molar-refractivity contribution >= 4 is 0 Å². The van der Waals surface area contributed by atoms with Crippen LogP contribution in [-0.4, -0.2) is 37.1 Å². The van der Waals surface area contributed by atoms with Crippen molar-refractivity contribution in [1.82, 2.24) is 10.2 Å². The van der Waals surface area contributed by atoms with Crippen LogP contribution in [0.3, 0.4) is 0 Å². The van der Waals surface area contributed by atoms with Crippen LogP contribution in [0.25, 0.3) is 0 Å². The van der Waals surface area contributed by atoms with E-state index >= 15 is 0 Å². The smallest absolute Gasteiger partial charge is 0.0622 e. The number of hydrogen-bond acceptors (Lipinski definition) is 3. The standard InChI is InChI=1S/C13H25N3/c1-13-7-2-5-11-16(13)12-6-10-15-9-4-3-8-14/h13,15H,2-7,9-12H2,1H3. The van der Waals surface area contributed by atoms with E-state index in [0.717, 1.165) is 25.6 Å². The van der Waals surface area contributed by atoms with Gasteiger partial charge in [-0.1, -0.05) is 6.42 Å². The maximum absolute atomic E-state index is 8.38. The lowest BCUT2D eigenvalue weighted by molar-refractivity contribution is 0.159. The quantitative estimate of drug-likeness (QED) is 0.672. The normalized spacial score (nSPS) is 21.9. The highest BCUT2D eigenvalue weighted by atomic mass is 15.2. The van der Waals surface area contributed by atoms with Gasteiger partial charge < -0.3 is 10.2 Å². The maximum Gasteiger partial charge on any atom is 0.0622 e. The number of piperidine rings is 1. The van der Waals surface area contributed by atoms with Gasteiger partial charge in [0, 0.05) is 12.5 Å². The van der Waals surface area contributed by atoms with Crippen molar-refractivity contribution in [2.45, 2.75) is 51.5 Å². The van der Waals surface area contributed by atoms with Gasteiger partial charge in [-0.25, -0.2) is 0 Å². The third kappa shape index (κ3) is 5.48. The summed E-state index contributed by atoms with van der Waals surface area (Å²) in [7, 11) is 0. The van der Waals surface area contributed by atoms with Crippen molar-refractivity contribution in [3.8, 4) is 6.07 Å². The van der Waals surface area contributed by atoms with Crippen molar-refractivity contribution < 1.29 is 0 Å². The molecule has 0 amide bonds. The molecule has 1 aliphatic rings. The highest BCUT2D eigenvalue weighted by Crippen LogP contribution is 2.15. The van der Waals surface area contributed by atoms with Crippen LogP contribution in [0, 0.1) is 11.3 Å². The third-order valence-corrected chi connectivity index (χ3v) is 3.38. The predicted octanol–water partition coefficient (Wildman–Crippen LogP) is 2.14. The first kappa shape index (κ1) is 13.5. The fourth-order valence-electron chi connectivity index (χ4n) is 2.31. The van der Waals surface area contributed by atoms with Crippen LogP contribution >= 0.6 is 0 Å². The van der Waals surface area contributed by atoms with Crippen LogP contribution in [0.4, 0.5) is 0 Å². The molecule has 1 heterocycles. The van der Waals surface area contributed by atoms with Crippen molar-refractivity contribution in [2.75, 3.05) is 26.2 Å². The largest absolute Gasteiger partial charge is 0.317 e. The van der Waals surface area contributed by atoms with Crippen molar-refractivity contribution in [1.29, 1.82) is 5.26 Å². The molecule has 1 aliphatic heterocycles. The molecular weight excluding hydrogens is 198 g/mol. The molecule has 3 heteroatoms. The molecule has 1 saturated heterocycles. The highest BCUT2D eigenvalue weighted by Gasteiger charge is 2.16. The number of nitriles is 1. The summed E-state index contributed by atoms with van der Waals surface area (Å²) >= 11 is 0. The molecule has 0 radical (unpaired) electrons. The Morgan fingerprint density at radius 1 is 1.31 bits per heavy atom. The molecule has 1 rings (SSSR count). The van der Waals surface area contributed by atoms with Gasteiger partial charge in [-0.05, 0) is 58.8 Å². The van der Waals surface area contributed by atoms with Gasteiger partial charge in [-0.2, -0.15) is 5.26 Å².